The van der Waals surface area contributed by atoms with Gasteiger partial charge >= 0.3 is 12.2 Å². The zero-order valence-corrected chi connectivity index (χ0v) is 34.2. The van der Waals surface area contributed by atoms with E-state index in [1.165, 1.54) is 0 Å². The van der Waals surface area contributed by atoms with Crippen molar-refractivity contribution in [2.45, 2.75) is 123 Å². The van der Waals surface area contributed by atoms with Gasteiger partial charge in [-0.3, -0.25) is 14.6 Å². The van der Waals surface area contributed by atoms with Gasteiger partial charge in [-0.25, -0.2) is 9.59 Å². The second-order valence-electron chi connectivity index (χ2n) is 15.8. The Morgan fingerprint density at radius 2 is 1.46 bits per heavy atom. The third-order valence-electron chi connectivity index (χ3n) is 8.33. The van der Waals surface area contributed by atoms with E-state index in [2.05, 4.69) is 36.4 Å². The van der Waals surface area contributed by atoms with Crippen molar-refractivity contribution in [3.63, 3.8) is 0 Å². The summed E-state index contributed by atoms with van der Waals surface area (Å²) in [6, 6.07) is 9.59. The van der Waals surface area contributed by atoms with Gasteiger partial charge in [-0.05, 0) is 115 Å². The summed E-state index contributed by atoms with van der Waals surface area (Å²) in [5.74, 6) is -0.813. The van der Waals surface area contributed by atoms with Crippen LogP contribution in [0.15, 0.2) is 52.0 Å². The fourth-order valence-corrected chi connectivity index (χ4v) is 5.79. The lowest BCUT2D eigenvalue weighted by Gasteiger charge is -2.26. The molecule has 0 aliphatic carbocycles. The summed E-state index contributed by atoms with van der Waals surface area (Å²) in [6.07, 6.45) is 0.434. The molecule has 312 valence electrons. The number of ether oxygens (including phenoxy) is 2. The average molecular weight is 794 g/mol. The van der Waals surface area contributed by atoms with Crippen LogP contribution in [0.4, 0.5) is 9.59 Å². The Morgan fingerprint density at radius 3 is 2.07 bits per heavy atom. The largest absolute Gasteiger partial charge is 0.508 e. The van der Waals surface area contributed by atoms with Gasteiger partial charge in [0.1, 0.15) is 35.1 Å². The monoisotopic (exact) mass is 793 g/mol. The molecular formula is C40H59N9O8. The molecule has 4 amide bonds. The number of nitrogens with one attached hydrogen (secondary N) is 4. The molecule has 1 aromatic heterocycles. The first-order valence-electron chi connectivity index (χ1n) is 19.0. The number of unbranched alkanes of at least 4 members (excludes halogenated alkanes) is 1. The molecule has 0 saturated heterocycles. The maximum Gasteiger partial charge on any atom is 0.408 e. The van der Waals surface area contributed by atoms with E-state index in [9.17, 15) is 24.3 Å². The number of guanidine groups is 1. The van der Waals surface area contributed by atoms with Crippen LogP contribution >= 0.6 is 0 Å². The topological polar surface area (TPSA) is 258 Å². The molecular weight excluding hydrogens is 734 g/mol. The molecule has 57 heavy (non-hydrogen) atoms. The van der Waals surface area contributed by atoms with Gasteiger partial charge < -0.3 is 51.8 Å². The van der Waals surface area contributed by atoms with Crippen molar-refractivity contribution in [3.8, 4) is 5.75 Å². The Kier molecular flexibility index (Phi) is 16.7. The molecule has 0 fully saturated rings. The molecule has 3 rings (SSSR count). The summed E-state index contributed by atoms with van der Waals surface area (Å²) in [5.41, 5.74) is 12.6. The number of carbonyl (C=O) groups is 4. The van der Waals surface area contributed by atoms with Crippen LogP contribution in [-0.4, -0.2) is 81.6 Å². The number of alkyl carbamates (subject to hydrolysis) is 2. The number of phenols is 1. The Morgan fingerprint density at radius 1 is 0.842 bits per heavy atom. The molecule has 9 N–H and O–H groups in total. The number of benzene rings is 2. The molecule has 17 heteroatoms. The summed E-state index contributed by atoms with van der Waals surface area (Å²) >= 11 is 0. The Balaban J connectivity index is 1.92. The quantitative estimate of drug-likeness (QED) is 0.0545. The van der Waals surface area contributed by atoms with Crippen molar-refractivity contribution < 1.29 is 38.3 Å². The highest BCUT2D eigenvalue weighted by Gasteiger charge is 2.32. The van der Waals surface area contributed by atoms with E-state index in [4.69, 9.17) is 25.5 Å². The van der Waals surface area contributed by atoms with Crippen LogP contribution in [-0.2, 0) is 31.9 Å². The molecule has 1 heterocycles. The lowest BCUT2D eigenvalue weighted by Crippen LogP contribution is -2.55. The predicted octanol–water partition coefficient (Wildman–Crippen LogP) is 4.12. The molecule has 0 unspecified atom stereocenters. The molecule has 0 aliphatic heterocycles. The minimum absolute atomic E-state index is 0.00338. The lowest BCUT2D eigenvalue weighted by atomic mass is 9.95. The van der Waals surface area contributed by atoms with Crippen LogP contribution in [0, 0.1) is 13.8 Å². The van der Waals surface area contributed by atoms with Gasteiger partial charge in [0.25, 0.3) is 0 Å². The van der Waals surface area contributed by atoms with Gasteiger partial charge in [-0.2, -0.15) is 4.98 Å². The minimum atomic E-state index is -1.19. The van der Waals surface area contributed by atoms with Crippen LogP contribution in [0.5, 0.6) is 5.75 Å². The van der Waals surface area contributed by atoms with Crippen molar-refractivity contribution in [3.05, 3.63) is 76.4 Å². The van der Waals surface area contributed by atoms with Crippen molar-refractivity contribution in [1.29, 1.82) is 0 Å². The van der Waals surface area contributed by atoms with Gasteiger partial charge in [0.05, 0.1) is 0 Å². The van der Waals surface area contributed by atoms with E-state index in [0.717, 1.165) is 11.1 Å². The highest BCUT2D eigenvalue weighted by molar-refractivity contribution is 5.91. The Labute approximate surface area is 334 Å². The first kappa shape index (κ1) is 45.5. The Bertz CT molecular complexity index is 1810. The predicted molar refractivity (Wildman–Crippen MR) is 214 cm³/mol. The normalized spacial score (nSPS) is 13.1. The number of phenolic OH excluding ortho intramolecular Hbond substituents is 1. The number of nitrogens with zero attached hydrogens (tertiary/aromatic N) is 3. The van der Waals surface area contributed by atoms with E-state index in [-0.39, 0.29) is 37.0 Å². The maximum atomic E-state index is 14.4. The fraction of sp³-hybridized carbons (Fsp3) is 0.525. The smallest absolute Gasteiger partial charge is 0.408 e. The average Bonchev–Trinajstić information content (AvgIpc) is 3.54. The second-order valence-corrected chi connectivity index (χ2v) is 15.8. The number of hydrogen-bond acceptors (Lipinski definition) is 11. The van der Waals surface area contributed by atoms with Crippen molar-refractivity contribution >= 4 is 30.0 Å². The molecule has 17 nitrogen and oxygen atoms in total. The van der Waals surface area contributed by atoms with Crippen LogP contribution in [0.1, 0.15) is 107 Å². The van der Waals surface area contributed by atoms with Crippen LogP contribution in [0.25, 0.3) is 0 Å². The van der Waals surface area contributed by atoms with Gasteiger partial charge in [-0.15, -0.1) is 0 Å². The summed E-state index contributed by atoms with van der Waals surface area (Å²) < 4.78 is 16.4. The number of nitrogens with two attached hydrogens (primary N) is 2. The number of aliphatic imine (C=N–C) groups is 1. The van der Waals surface area contributed by atoms with Crippen molar-refractivity contribution in [2.24, 2.45) is 16.5 Å². The number of aromatic hydroxyl groups is 1. The molecule has 0 bridgehead atoms. The number of aryl methyl sites for hydroxylation is 2. The highest BCUT2D eigenvalue weighted by atomic mass is 16.6. The molecule has 0 aliphatic rings. The van der Waals surface area contributed by atoms with E-state index in [1.54, 1.807) is 67.5 Å². The highest BCUT2D eigenvalue weighted by Crippen LogP contribution is 2.24. The summed E-state index contributed by atoms with van der Waals surface area (Å²) in [6.45, 7) is 14.3. The van der Waals surface area contributed by atoms with Crippen LogP contribution in [0.2, 0.25) is 0 Å². The van der Waals surface area contributed by atoms with Gasteiger partial charge in [0.15, 0.2) is 11.8 Å². The molecule has 2 aromatic carbocycles. The zero-order valence-electron chi connectivity index (χ0n) is 34.2. The first-order chi connectivity index (χ1) is 26.7. The number of hydrogen-bond donors (Lipinski definition) is 7. The zero-order chi connectivity index (χ0) is 42.3. The van der Waals surface area contributed by atoms with Crippen molar-refractivity contribution in [1.82, 2.24) is 31.4 Å². The number of amides is 4. The lowest BCUT2D eigenvalue weighted by molar-refractivity contribution is -0.130. The molecule has 0 spiro atoms. The van der Waals surface area contributed by atoms with Gasteiger partial charge in [0, 0.05) is 25.9 Å². The SMILES string of the molecule is Cc1cc(O)cc(C)c1C[C@H](NC(=O)[C@H](CCN=C(N)N)NC(=O)OC(C)(C)C)C(=O)N[C@@H](CCCCNC(=O)OC(C)(C)C)c1nc(Cc2ccccc2)no1. The van der Waals surface area contributed by atoms with Gasteiger partial charge in [0.2, 0.25) is 17.7 Å². The third-order valence-corrected chi connectivity index (χ3v) is 8.33. The van der Waals surface area contributed by atoms with E-state index in [0.29, 0.717) is 49.2 Å². The standard InChI is InChI=1S/C40H59N9O8/c1-24-20-27(50)21-25(2)28(24)23-31(46-33(51)29(17-19-43-36(41)42)47-38(54)56-40(6,7)8)34(52)45-30(16-12-13-18-44-37(53)55-39(3,4)5)35-48-32(49-57-35)22-26-14-10-9-11-15-26/h9-11,14-15,20-21,29-31,50H,12-13,16-19,22-23H2,1-8H3,(H,44,53)(H,45,52)(H,46,51)(H,47,54)(H4,41,42,43)/t29-,30-,31-/m0/s1. The number of carbonyl (C=O) groups excluding carboxylic acids is 4. The second kappa shape index (κ2) is 20.9. The summed E-state index contributed by atoms with van der Waals surface area (Å²) in [7, 11) is 0. The molecule has 0 radical (unpaired) electrons. The van der Waals surface area contributed by atoms with E-state index in [1.807, 2.05) is 30.3 Å². The number of aromatic nitrogens is 2. The summed E-state index contributed by atoms with van der Waals surface area (Å²) in [5, 5.41) is 25.5. The molecule has 3 atom stereocenters. The van der Waals surface area contributed by atoms with Crippen LogP contribution in [0.3, 0.4) is 0 Å². The fourth-order valence-electron chi connectivity index (χ4n) is 5.79. The van der Waals surface area contributed by atoms with Gasteiger partial charge in [-0.1, -0.05) is 35.5 Å². The molecule has 3 aromatic rings. The van der Waals surface area contributed by atoms with E-state index < -0.39 is 53.3 Å². The van der Waals surface area contributed by atoms with Crippen LogP contribution < -0.4 is 32.7 Å². The molecule has 0 saturated carbocycles. The first-order valence-corrected chi connectivity index (χ1v) is 19.0. The summed E-state index contributed by atoms with van der Waals surface area (Å²) in [4.78, 5) is 61.9. The Hall–Kier alpha value is -5.87. The maximum absolute atomic E-state index is 14.4. The third kappa shape index (κ3) is 16.8. The number of rotatable bonds is 18. The van der Waals surface area contributed by atoms with E-state index >= 15 is 0 Å². The minimum Gasteiger partial charge on any atom is -0.508 e. The van der Waals surface area contributed by atoms with Crippen molar-refractivity contribution in [2.75, 3.05) is 13.1 Å².